The van der Waals surface area contributed by atoms with Crippen LogP contribution in [0.25, 0.3) is 0 Å². The summed E-state index contributed by atoms with van der Waals surface area (Å²) in [6.45, 7) is 8.87. The van der Waals surface area contributed by atoms with Crippen LogP contribution in [0.15, 0.2) is 0 Å². The Morgan fingerprint density at radius 2 is 2.21 bits per heavy atom. The Bertz CT molecular complexity index is 170. The van der Waals surface area contributed by atoms with Crippen molar-refractivity contribution in [1.82, 2.24) is 5.32 Å². The van der Waals surface area contributed by atoms with Crippen LogP contribution in [-0.2, 0) is 4.74 Å². The number of ether oxygens (including phenoxy) is 1. The van der Waals surface area contributed by atoms with E-state index in [2.05, 4.69) is 26.1 Å². The summed E-state index contributed by atoms with van der Waals surface area (Å²) in [6, 6.07) is 0. The minimum atomic E-state index is 0.402. The molecule has 1 fully saturated rings. The second kappa shape index (κ2) is 5.13. The third-order valence-electron chi connectivity index (χ3n) is 3.58. The molecule has 0 aromatic heterocycles. The van der Waals surface area contributed by atoms with Crippen molar-refractivity contribution >= 4 is 0 Å². The van der Waals surface area contributed by atoms with Gasteiger partial charge in [-0.25, -0.2) is 0 Å². The molecule has 0 saturated carbocycles. The molecule has 1 aliphatic rings. The van der Waals surface area contributed by atoms with Gasteiger partial charge in [-0.1, -0.05) is 20.3 Å². The van der Waals surface area contributed by atoms with Gasteiger partial charge in [0.25, 0.3) is 0 Å². The smallest absolute Gasteiger partial charge is 0.0616 e. The SMILES string of the molecule is CNCC1(CCC(C)C)CCOC1C. The molecule has 0 aromatic rings. The molecule has 2 atom stereocenters. The molecule has 1 N–H and O–H groups in total. The Kier molecular flexibility index (Phi) is 4.39. The second-order valence-electron chi connectivity index (χ2n) is 5.09. The van der Waals surface area contributed by atoms with Gasteiger partial charge in [0, 0.05) is 18.6 Å². The Hall–Kier alpha value is -0.0800. The van der Waals surface area contributed by atoms with Crippen molar-refractivity contribution in [2.24, 2.45) is 11.3 Å². The first kappa shape index (κ1) is 12.0. The zero-order valence-electron chi connectivity index (χ0n) is 10.1. The minimum Gasteiger partial charge on any atom is -0.378 e. The number of hydrogen-bond acceptors (Lipinski definition) is 2. The van der Waals surface area contributed by atoms with Crippen LogP contribution in [0.2, 0.25) is 0 Å². The lowest BCUT2D eigenvalue weighted by molar-refractivity contribution is 0.0566. The lowest BCUT2D eigenvalue weighted by Gasteiger charge is -2.32. The zero-order valence-corrected chi connectivity index (χ0v) is 10.1. The van der Waals surface area contributed by atoms with Crippen molar-refractivity contribution in [3.8, 4) is 0 Å². The number of rotatable bonds is 5. The lowest BCUT2D eigenvalue weighted by Crippen LogP contribution is -2.38. The van der Waals surface area contributed by atoms with Crippen LogP contribution in [0.4, 0.5) is 0 Å². The van der Waals surface area contributed by atoms with Crippen LogP contribution in [-0.4, -0.2) is 26.3 Å². The van der Waals surface area contributed by atoms with Crippen molar-refractivity contribution in [2.75, 3.05) is 20.2 Å². The molecule has 0 radical (unpaired) electrons. The molecule has 2 unspecified atom stereocenters. The van der Waals surface area contributed by atoms with Crippen LogP contribution in [0.1, 0.15) is 40.0 Å². The molecular formula is C12H25NO. The van der Waals surface area contributed by atoms with Gasteiger partial charge in [-0.05, 0) is 32.7 Å². The van der Waals surface area contributed by atoms with E-state index in [1.807, 2.05) is 7.05 Å². The summed E-state index contributed by atoms with van der Waals surface area (Å²) in [5.41, 5.74) is 0.402. The first-order valence-electron chi connectivity index (χ1n) is 5.87. The quantitative estimate of drug-likeness (QED) is 0.734. The van der Waals surface area contributed by atoms with Gasteiger partial charge >= 0.3 is 0 Å². The van der Waals surface area contributed by atoms with E-state index in [0.717, 1.165) is 19.1 Å². The maximum atomic E-state index is 5.71. The fourth-order valence-corrected chi connectivity index (χ4v) is 2.40. The van der Waals surface area contributed by atoms with Crippen LogP contribution in [0.5, 0.6) is 0 Å². The van der Waals surface area contributed by atoms with Crippen LogP contribution in [0, 0.1) is 11.3 Å². The van der Waals surface area contributed by atoms with E-state index < -0.39 is 0 Å². The van der Waals surface area contributed by atoms with Gasteiger partial charge in [0.1, 0.15) is 0 Å². The molecule has 2 heteroatoms. The molecule has 0 bridgehead atoms. The number of nitrogens with one attached hydrogen (secondary N) is 1. The highest BCUT2D eigenvalue weighted by molar-refractivity contribution is 4.91. The van der Waals surface area contributed by atoms with E-state index in [1.54, 1.807) is 0 Å². The molecule has 1 heterocycles. The molecular weight excluding hydrogens is 174 g/mol. The van der Waals surface area contributed by atoms with Crippen LogP contribution < -0.4 is 5.32 Å². The maximum Gasteiger partial charge on any atom is 0.0616 e. The van der Waals surface area contributed by atoms with Gasteiger partial charge in [0.15, 0.2) is 0 Å². The van der Waals surface area contributed by atoms with Gasteiger partial charge in [0.05, 0.1) is 6.10 Å². The van der Waals surface area contributed by atoms with Gasteiger partial charge < -0.3 is 10.1 Å². The Labute approximate surface area is 88.4 Å². The highest BCUT2D eigenvalue weighted by Crippen LogP contribution is 2.39. The Morgan fingerprint density at radius 3 is 2.64 bits per heavy atom. The zero-order chi connectivity index (χ0) is 10.6. The van der Waals surface area contributed by atoms with E-state index >= 15 is 0 Å². The van der Waals surface area contributed by atoms with Gasteiger partial charge in [-0.15, -0.1) is 0 Å². The van der Waals surface area contributed by atoms with Gasteiger partial charge in [0.2, 0.25) is 0 Å². The topological polar surface area (TPSA) is 21.3 Å². The second-order valence-corrected chi connectivity index (χ2v) is 5.09. The monoisotopic (exact) mass is 199 g/mol. The highest BCUT2D eigenvalue weighted by atomic mass is 16.5. The summed E-state index contributed by atoms with van der Waals surface area (Å²) in [5.74, 6) is 0.802. The Balaban J connectivity index is 2.52. The summed E-state index contributed by atoms with van der Waals surface area (Å²) in [7, 11) is 2.04. The average molecular weight is 199 g/mol. The largest absolute Gasteiger partial charge is 0.378 e. The lowest BCUT2D eigenvalue weighted by atomic mass is 9.76. The maximum absolute atomic E-state index is 5.71. The van der Waals surface area contributed by atoms with E-state index in [9.17, 15) is 0 Å². The number of hydrogen-bond donors (Lipinski definition) is 1. The van der Waals surface area contributed by atoms with Crippen LogP contribution in [0.3, 0.4) is 0 Å². The van der Waals surface area contributed by atoms with E-state index in [1.165, 1.54) is 19.3 Å². The van der Waals surface area contributed by atoms with E-state index in [4.69, 9.17) is 4.74 Å². The van der Waals surface area contributed by atoms with Crippen molar-refractivity contribution in [3.63, 3.8) is 0 Å². The third-order valence-corrected chi connectivity index (χ3v) is 3.58. The first-order valence-corrected chi connectivity index (χ1v) is 5.87. The van der Waals surface area contributed by atoms with E-state index in [-0.39, 0.29) is 0 Å². The normalized spacial score (nSPS) is 32.8. The molecule has 0 spiro atoms. The predicted molar refractivity (Wildman–Crippen MR) is 60.5 cm³/mol. The molecule has 14 heavy (non-hydrogen) atoms. The Morgan fingerprint density at radius 1 is 1.50 bits per heavy atom. The molecule has 0 amide bonds. The highest BCUT2D eigenvalue weighted by Gasteiger charge is 2.40. The molecule has 1 aliphatic heterocycles. The summed E-state index contributed by atoms with van der Waals surface area (Å²) in [6.07, 6.45) is 4.26. The van der Waals surface area contributed by atoms with Crippen molar-refractivity contribution in [3.05, 3.63) is 0 Å². The van der Waals surface area contributed by atoms with Gasteiger partial charge in [-0.3, -0.25) is 0 Å². The summed E-state index contributed by atoms with van der Waals surface area (Å²) in [5, 5.41) is 3.32. The molecule has 1 rings (SSSR count). The summed E-state index contributed by atoms with van der Waals surface area (Å²) in [4.78, 5) is 0. The first-order chi connectivity index (χ1) is 6.60. The molecule has 2 nitrogen and oxygen atoms in total. The fraction of sp³-hybridized carbons (Fsp3) is 1.00. The third kappa shape index (κ3) is 2.71. The predicted octanol–water partition coefficient (Wildman–Crippen LogP) is 2.44. The van der Waals surface area contributed by atoms with Crippen molar-refractivity contribution in [2.45, 2.75) is 46.1 Å². The molecule has 84 valence electrons. The molecule has 0 aliphatic carbocycles. The average Bonchev–Trinajstić information content (AvgIpc) is 2.46. The summed E-state index contributed by atoms with van der Waals surface area (Å²) >= 11 is 0. The van der Waals surface area contributed by atoms with Gasteiger partial charge in [-0.2, -0.15) is 0 Å². The fourth-order valence-electron chi connectivity index (χ4n) is 2.40. The molecule has 1 saturated heterocycles. The standard InChI is InChI=1S/C12H25NO/c1-10(2)5-6-12(9-13-4)7-8-14-11(12)3/h10-11,13H,5-9H2,1-4H3. The van der Waals surface area contributed by atoms with Crippen molar-refractivity contribution in [1.29, 1.82) is 0 Å². The minimum absolute atomic E-state index is 0.402. The molecule has 0 aromatic carbocycles. The summed E-state index contributed by atoms with van der Waals surface area (Å²) < 4.78 is 5.71. The van der Waals surface area contributed by atoms with E-state index in [0.29, 0.717) is 11.5 Å². The van der Waals surface area contributed by atoms with Crippen molar-refractivity contribution < 1.29 is 4.74 Å². The van der Waals surface area contributed by atoms with Crippen LogP contribution >= 0.6 is 0 Å².